The highest BCUT2D eigenvalue weighted by atomic mass is 79.9. The molecule has 1 aromatic carbocycles. The van der Waals surface area contributed by atoms with Crippen LogP contribution in [0.15, 0.2) is 22.7 Å². The Labute approximate surface area is 130 Å². The van der Waals surface area contributed by atoms with Gasteiger partial charge in [-0.3, -0.25) is 4.79 Å². The number of nitrogens with one attached hydrogen (secondary N) is 1. The molecule has 108 valence electrons. The molecule has 2 unspecified atom stereocenters. The molecule has 0 spiro atoms. The van der Waals surface area contributed by atoms with Crippen molar-refractivity contribution in [2.75, 3.05) is 11.9 Å². The maximum Gasteiger partial charge on any atom is 0.322 e. The molecule has 1 heterocycles. The Bertz CT molecular complexity index is 552. The van der Waals surface area contributed by atoms with Crippen LogP contribution in [0.25, 0.3) is 0 Å². The van der Waals surface area contributed by atoms with Crippen LogP contribution < -0.4 is 5.32 Å². The summed E-state index contributed by atoms with van der Waals surface area (Å²) in [5, 5.41) is 12.3. The van der Waals surface area contributed by atoms with Crippen LogP contribution in [-0.2, 0) is 4.79 Å². The molecule has 5 nitrogen and oxygen atoms in total. The van der Waals surface area contributed by atoms with Crippen LogP contribution in [-0.4, -0.2) is 34.6 Å². The molecule has 2 N–H and O–H groups in total. The van der Waals surface area contributed by atoms with Gasteiger partial charge in [-0.25, -0.2) is 4.79 Å². The molecule has 1 fully saturated rings. The fraction of sp³-hybridized carbons (Fsp3) is 0.385. The number of carbonyl (C=O) groups excluding carboxylic acids is 1. The highest BCUT2D eigenvalue weighted by molar-refractivity contribution is 9.10. The molecule has 20 heavy (non-hydrogen) atoms. The van der Waals surface area contributed by atoms with E-state index in [-0.39, 0.29) is 12.1 Å². The highest BCUT2D eigenvalue weighted by Crippen LogP contribution is 2.31. The molecular formula is C13H14BrClN2O3. The number of nitrogens with zero attached hydrogens (tertiary/aromatic N) is 1. The first kappa shape index (κ1) is 15.1. The maximum absolute atomic E-state index is 12.2. The molecule has 0 saturated carbocycles. The van der Waals surface area contributed by atoms with Gasteiger partial charge in [0, 0.05) is 12.6 Å². The van der Waals surface area contributed by atoms with Crippen molar-refractivity contribution in [3.8, 4) is 0 Å². The summed E-state index contributed by atoms with van der Waals surface area (Å²) in [5.41, 5.74) is 0.563. The van der Waals surface area contributed by atoms with E-state index in [1.54, 1.807) is 25.1 Å². The minimum absolute atomic E-state index is 0.316. The van der Waals surface area contributed by atoms with E-state index in [1.807, 2.05) is 0 Å². The van der Waals surface area contributed by atoms with Crippen molar-refractivity contribution in [1.29, 1.82) is 0 Å². The fourth-order valence-electron chi connectivity index (χ4n) is 2.34. The van der Waals surface area contributed by atoms with Crippen LogP contribution in [0.2, 0.25) is 5.02 Å². The summed E-state index contributed by atoms with van der Waals surface area (Å²) < 4.78 is 0.608. The summed E-state index contributed by atoms with van der Waals surface area (Å²) in [5.74, 6) is -1.37. The largest absolute Gasteiger partial charge is 0.481 e. The van der Waals surface area contributed by atoms with Crippen molar-refractivity contribution in [3.63, 3.8) is 0 Å². The third kappa shape index (κ3) is 2.91. The van der Waals surface area contributed by atoms with Gasteiger partial charge in [0.2, 0.25) is 0 Å². The lowest BCUT2D eigenvalue weighted by atomic mass is 10.0. The van der Waals surface area contributed by atoms with Crippen LogP contribution in [0.4, 0.5) is 10.5 Å². The molecule has 0 bridgehead atoms. The monoisotopic (exact) mass is 360 g/mol. The minimum Gasteiger partial charge on any atom is -0.481 e. The van der Waals surface area contributed by atoms with Crippen molar-refractivity contribution < 1.29 is 14.7 Å². The third-order valence-electron chi connectivity index (χ3n) is 3.53. The number of benzene rings is 1. The van der Waals surface area contributed by atoms with Crippen molar-refractivity contribution in [2.45, 2.75) is 19.4 Å². The first-order chi connectivity index (χ1) is 9.41. The molecular weight excluding hydrogens is 348 g/mol. The number of carboxylic acids is 1. The van der Waals surface area contributed by atoms with Crippen molar-refractivity contribution in [3.05, 3.63) is 27.7 Å². The van der Waals surface area contributed by atoms with E-state index in [9.17, 15) is 9.59 Å². The van der Waals surface area contributed by atoms with Gasteiger partial charge >= 0.3 is 12.0 Å². The first-order valence-corrected chi connectivity index (χ1v) is 7.33. The van der Waals surface area contributed by atoms with Gasteiger partial charge < -0.3 is 15.3 Å². The number of hydrogen-bond donors (Lipinski definition) is 2. The van der Waals surface area contributed by atoms with E-state index >= 15 is 0 Å². The zero-order chi connectivity index (χ0) is 14.9. The number of anilines is 1. The van der Waals surface area contributed by atoms with Crippen LogP contribution in [0.1, 0.15) is 13.3 Å². The van der Waals surface area contributed by atoms with Crippen LogP contribution in [0.3, 0.4) is 0 Å². The number of hydrogen-bond acceptors (Lipinski definition) is 2. The zero-order valence-electron chi connectivity index (χ0n) is 10.8. The number of likely N-dealkylation sites (tertiary alicyclic amines) is 1. The van der Waals surface area contributed by atoms with E-state index in [0.717, 1.165) is 0 Å². The molecule has 1 saturated heterocycles. The lowest BCUT2D eigenvalue weighted by Crippen LogP contribution is -2.40. The molecule has 2 amide bonds. The molecule has 7 heteroatoms. The fourth-order valence-corrected chi connectivity index (χ4v) is 2.88. The number of halogens is 2. The topological polar surface area (TPSA) is 69.6 Å². The molecule has 1 aliphatic rings. The van der Waals surface area contributed by atoms with Gasteiger partial charge in [-0.1, -0.05) is 17.7 Å². The molecule has 0 aromatic heterocycles. The smallest absolute Gasteiger partial charge is 0.322 e. The molecule has 0 radical (unpaired) electrons. The average molecular weight is 362 g/mol. The van der Waals surface area contributed by atoms with Gasteiger partial charge in [-0.2, -0.15) is 0 Å². The van der Waals surface area contributed by atoms with E-state index in [4.69, 9.17) is 16.7 Å². The second-order valence-electron chi connectivity index (χ2n) is 4.70. The number of carboxylic acid groups (broad SMARTS) is 1. The predicted molar refractivity (Wildman–Crippen MR) is 80.1 cm³/mol. The van der Waals surface area contributed by atoms with Gasteiger partial charge in [0.15, 0.2) is 0 Å². The summed E-state index contributed by atoms with van der Waals surface area (Å²) in [6.07, 6.45) is 0.473. The quantitative estimate of drug-likeness (QED) is 0.848. The minimum atomic E-state index is -0.864. The van der Waals surface area contributed by atoms with Crippen molar-refractivity contribution in [1.82, 2.24) is 4.90 Å². The standard InChI is InChI=1S/C13H14BrClN2O3/c1-7-8(12(18)19)5-6-17(7)13(20)16-10-4-2-3-9(15)11(10)14/h2-4,7-8H,5-6H2,1H3,(H,16,20)(H,18,19). The van der Waals surface area contributed by atoms with Crippen LogP contribution >= 0.6 is 27.5 Å². The summed E-state index contributed by atoms with van der Waals surface area (Å²) in [4.78, 5) is 24.8. The van der Waals surface area contributed by atoms with Gasteiger partial charge in [0.25, 0.3) is 0 Å². The van der Waals surface area contributed by atoms with E-state index < -0.39 is 11.9 Å². The van der Waals surface area contributed by atoms with E-state index in [0.29, 0.717) is 28.1 Å². The Kier molecular flexibility index (Phi) is 4.55. The second kappa shape index (κ2) is 6.01. The molecule has 2 atom stereocenters. The predicted octanol–water partition coefficient (Wildman–Crippen LogP) is 3.43. The summed E-state index contributed by atoms with van der Waals surface area (Å²) in [6, 6.07) is 4.52. The second-order valence-corrected chi connectivity index (χ2v) is 5.90. The maximum atomic E-state index is 12.2. The average Bonchev–Trinajstić information content (AvgIpc) is 2.77. The Balaban J connectivity index is 2.10. The lowest BCUT2D eigenvalue weighted by Gasteiger charge is -2.24. The molecule has 1 aromatic rings. The highest BCUT2D eigenvalue weighted by Gasteiger charge is 2.38. The van der Waals surface area contributed by atoms with Gasteiger partial charge in [0.05, 0.1) is 21.1 Å². The van der Waals surface area contributed by atoms with Crippen molar-refractivity contribution >= 4 is 45.2 Å². The third-order valence-corrected chi connectivity index (χ3v) is 4.92. The van der Waals surface area contributed by atoms with Crippen molar-refractivity contribution in [2.24, 2.45) is 5.92 Å². The Morgan fingerprint density at radius 1 is 1.50 bits per heavy atom. The summed E-state index contributed by atoms with van der Waals surface area (Å²) in [6.45, 7) is 2.18. The Morgan fingerprint density at radius 2 is 2.20 bits per heavy atom. The van der Waals surface area contributed by atoms with E-state index in [2.05, 4.69) is 21.2 Å². The molecule has 0 aliphatic carbocycles. The summed E-state index contributed by atoms with van der Waals surface area (Å²) >= 11 is 9.27. The number of aliphatic carboxylic acids is 1. The lowest BCUT2D eigenvalue weighted by molar-refractivity contribution is -0.142. The number of carbonyl (C=O) groups is 2. The number of amides is 2. The first-order valence-electron chi connectivity index (χ1n) is 6.16. The normalized spacial score (nSPS) is 21.9. The van der Waals surface area contributed by atoms with Gasteiger partial charge in [-0.15, -0.1) is 0 Å². The van der Waals surface area contributed by atoms with E-state index in [1.165, 1.54) is 4.90 Å². The Morgan fingerprint density at radius 3 is 2.80 bits per heavy atom. The van der Waals surface area contributed by atoms with Gasteiger partial charge in [-0.05, 0) is 41.4 Å². The number of rotatable bonds is 2. The number of urea groups is 1. The molecule has 2 rings (SSSR count). The van der Waals surface area contributed by atoms with Crippen LogP contribution in [0.5, 0.6) is 0 Å². The summed E-state index contributed by atoms with van der Waals surface area (Å²) in [7, 11) is 0. The zero-order valence-corrected chi connectivity index (χ0v) is 13.1. The molecule has 1 aliphatic heterocycles. The Hall–Kier alpha value is -1.27. The van der Waals surface area contributed by atoms with Gasteiger partial charge in [0.1, 0.15) is 0 Å². The van der Waals surface area contributed by atoms with Crippen LogP contribution in [0, 0.1) is 5.92 Å². The SMILES string of the molecule is CC1C(C(=O)O)CCN1C(=O)Nc1cccc(Cl)c1Br.